The van der Waals surface area contributed by atoms with Gasteiger partial charge < -0.3 is 19.3 Å². The number of ether oxygens (including phenoxy) is 3. The molecule has 0 saturated heterocycles. The molecule has 1 atom stereocenters. The van der Waals surface area contributed by atoms with E-state index >= 15 is 0 Å². The van der Waals surface area contributed by atoms with Gasteiger partial charge in [0.15, 0.2) is 5.56 Å². The molecule has 0 bridgehead atoms. The molecule has 0 radical (unpaired) electrons. The van der Waals surface area contributed by atoms with Crippen LogP contribution in [0.5, 0.6) is 11.5 Å². The number of nitro groups is 1. The van der Waals surface area contributed by atoms with Crippen LogP contribution in [-0.2, 0) is 4.74 Å². The van der Waals surface area contributed by atoms with Crippen LogP contribution in [0.25, 0.3) is 0 Å². The molecule has 1 heterocycles. The maximum atomic E-state index is 11.5. The lowest BCUT2D eigenvalue weighted by atomic mass is 10.0. The number of nitro benzene ring substituents is 1. The van der Waals surface area contributed by atoms with Crippen molar-refractivity contribution in [3.05, 3.63) is 27.3 Å². The molecule has 1 aromatic rings. The Morgan fingerprint density at radius 2 is 2.00 bits per heavy atom. The van der Waals surface area contributed by atoms with Crippen LogP contribution in [0.3, 0.4) is 0 Å². The summed E-state index contributed by atoms with van der Waals surface area (Å²) in [6.07, 6.45) is -1.58. The van der Waals surface area contributed by atoms with Crippen LogP contribution in [0.15, 0.2) is 6.07 Å². The third-order valence-electron chi connectivity index (χ3n) is 2.56. The molecule has 96 valence electrons. The minimum absolute atomic E-state index is 0.0602. The number of fused-ring (bicyclic) bond motifs is 1. The van der Waals surface area contributed by atoms with Crippen molar-refractivity contribution in [2.75, 3.05) is 14.2 Å². The van der Waals surface area contributed by atoms with E-state index in [9.17, 15) is 20.0 Å². The summed E-state index contributed by atoms with van der Waals surface area (Å²) in [4.78, 5) is 21.8. The van der Waals surface area contributed by atoms with E-state index < -0.39 is 22.9 Å². The molecule has 0 aromatic heterocycles. The Morgan fingerprint density at radius 1 is 1.39 bits per heavy atom. The predicted molar refractivity (Wildman–Crippen MR) is 56.6 cm³/mol. The first-order valence-corrected chi connectivity index (χ1v) is 4.83. The molecular formula is C10H9NO7. The van der Waals surface area contributed by atoms with Gasteiger partial charge in [-0.1, -0.05) is 0 Å². The standard InChI is InChI=1S/C10H9NO7/c1-16-4-3-5(17-2)8(11(14)15)7-6(4)9(12)18-10(7)13/h3,9,12H,1-2H3. The topological polar surface area (TPSA) is 108 Å². The highest BCUT2D eigenvalue weighted by molar-refractivity contribution is 6.00. The molecule has 1 unspecified atom stereocenters. The monoisotopic (exact) mass is 255 g/mol. The maximum Gasteiger partial charge on any atom is 0.348 e. The Bertz CT molecular complexity index is 540. The fourth-order valence-electron chi connectivity index (χ4n) is 1.82. The summed E-state index contributed by atoms with van der Waals surface area (Å²) in [5.41, 5.74) is -0.950. The van der Waals surface area contributed by atoms with Crippen molar-refractivity contribution >= 4 is 11.7 Å². The molecule has 8 heteroatoms. The lowest BCUT2D eigenvalue weighted by molar-refractivity contribution is -0.386. The Labute approximate surface area is 101 Å². The van der Waals surface area contributed by atoms with Crippen molar-refractivity contribution in [2.24, 2.45) is 0 Å². The van der Waals surface area contributed by atoms with Crippen molar-refractivity contribution in [2.45, 2.75) is 6.29 Å². The van der Waals surface area contributed by atoms with Gasteiger partial charge in [0.2, 0.25) is 12.0 Å². The van der Waals surface area contributed by atoms with E-state index in [1.54, 1.807) is 0 Å². The number of cyclic esters (lactones) is 1. The smallest absolute Gasteiger partial charge is 0.348 e. The molecule has 0 amide bonds. The lowest BCUT2D eigenvalue weighted by Gasteiger charge is -2.10. The summed E-state index contributed by atoms with van der Waals surface area (Å²) in [6.45, 7) is 0. The van der Waals surface area contributed by atoms with Crippen LogP contribution >= 0.6 is 0 Å². The quantitative estimate of drug-likeness (QED) is 0.482. The normalized spacial score (nSPS) is 17.1. The van der Waals surface area contributed by atoms with Gasteiger partial charge in [-0.2, -0.15) is 0 Å². The van der Waals surface area contributed by atoms with Crippen LogP contribution in [0.4, 0.5) is 5.69 Å². The van der Waals surface area contributed by atoms with Crippen LogP contribution in [-0.4, -0.2) is 30.2 Å². The zero-order chi connectivity index (χ0) is 13.4. The molecule has 0 fully saturated rings. The Hall–Kier alpha value is -2.35. The average Bonchev–Trinajstić information content (AvgIpc) is 2.63. The summed E-state index contributed by atoms with van der Waals surface area (Å²) < 4.78 is 14.3. The van der Waals surface area contributed by atoms with Gasteiger partial charge in [-0.3, -0.25) is 10.1 Å². The number of aliphatic hydroxyl groups is 1. The number of rotatable bonds is 3. The highest BCUT2D eigenvalue weighted by Gasteiger charge is 2.42. The second-order valence-electron chi connectivity index (χ2n) is 3.43. The maximum absolute atomic E-state index is 11.5. The van der Waals surface area contributed by atoms with Gasteiger partial charge in [-0.25, -0.2) is 4.79 Å². The number of carbonyl (C=O) groups excluding carboxylic acids is 1. The fraction of sp³-hybridized carbons (Fsp3) is 0.300. The second kappa shape index (κ2) is 4.15. The first-order chi connectivity index (χ1) is 8.51. The first kappa shape index (κ1) is 12.1. The van der Waals surface area contributed by atoms with Crippen molar-refractivity contribution in [3.8, 4) is 11.5 Å². The second-order valence-corrected chi connectivity index (χ2v) is 3.43. The highest BCUT2D eigenvalue weighted by Crippen LogP contribution is 2.46. The Kier molecular flexibility index (Phi) is 2.79. The number of hydrogen-bond acceptors (Lipinski definition) is 7. The number of benzene rings is 1. The number of carbonyl (C=O) groups is 1. The largest absolute Gasteiger partial charge is 0.496 e. The van der Waals surface area contributed by atoms with Gasteiger partial charge in [-0.15, -0.1) is 0 Å². The molecule has 0 aliphatic carbocycles. The number of methoxy groups -OCH3 is 2. The molecule has 1 N–H and O–H groups in total. The minimum atomic E-state index is -1.58. The number of esters is 1. The van der Waals surface area contributed by atoms with Crippen molar-refractivity contribution < 1.29 is 29.0 Å². The highest BCUT2D eigenvalue weighted by atomic mass is 16.6. The van der Waals surface area contributed by atoms with E-state index in [1.165, 1.54) is 20.3 Å². The van der Waals surface area contributed by atoms with E-state index in [4.69, 9.17) is 9.47 Å². The van der Waals surface area contributed by atoms with E-state index in [2.05, 4.69) is 4.74 Å². The van der Waals surface area contributed by atoms with E-state index in [1.807, 2.05) is 0 Å². The summed E-state index contributed by atoms with van der Waals surface area (Å²) in [7, 11) is 2.53. The van der Waals surface area contributed by atoms with Crippen LogP contribution in [0, 0.1) is 10.1 Å². The number of aliphatic hydroxyl groups excluding tert-OH is 1. The first-order valence-electron chi connectivity index (χ1n) is 4.83. The predicted octanol–water partition coefficient (Wildman–Crippen LogP) is 0.773. The minimum Gasteiger partial charge on any atom is -0.496 e. The zero-order valence-electron chi connectivity index (χ0n) is 9.50. The molecule has 1 aliphatic rings. The third-order valence-corrected chi connectivity index (χ3v) is 2.56. The van der Waals surface area contributed by atoms with E-state index in [0.717, 1.165) is 0 Å². The fourth-order valence-corrected chi connectivity index (χ4v) is 1.82. The van der Waals surface area contributed by atoms with Crippen LogP contribution < -0.4 is 9.47 Å². The van der Waals surface area contributed by atoms with Crippen molar-refractivity contribution in [3.63, 3.8) is 0 Å². The van der Waals surface area contributed by atoms with Gasteiger partial charge in [-0.05, 0) is 0 Å². The molecule has 0 spiro atoms. The SMILES string of the molecule is COc1cc(OC)c([N+](=O)[O-])c2c1C(O)OC2=O. The van der Waals surface area contributed by atoms with Gasteiger partial charge in [0.25, 0.3) is 0 Å². The van der Waals surface area contributed by atoms with Gasteiger partial charge in [0.1, 0.15) is 5.75 Å². The molecule has 0 saturated carbocycles. The molecule has 2 rings (SSSR count). The van der Waals surface area contributed by atoms with E-state index in [0.29, 0.717) is 0 Å². The molecule has 18 heavy (non-hydrogen) atoms. The lowest BCUT2D eigenvalue weighted by Crippen LogP contribution is -2.04. The summed E-state index contributed by atoms with van der Waals surface area (Å²) >= 11 is 0. The van der Waals surface area contributed by atoms with Gasteiger partial charge >= 0.3 is 11.7 Å². The van der Waals surface area contributed by atoms with Gasteiger partial charge in [0.05, 0.1) is 24.7 Å². The van der Waals surface area contributed by atoms with Gasteiger partial charge in [0, 0.05) is 6.07 Å². The molecule has 1 aromatic carbocycles. The summed E-state index contributed by atoms with van der Waals surface area (Å²) in [5, 5.41) is 20.5. The Balaban J connectivity index is 2.83. The summed E-state index contributed by atoms with van der Waals surface area (Å²) in [5.74, 6) is -1.03. The molecule has 1 aliphatic heterocycles. The number of nitrogens with zero attached hydrogens (tertiary/aromatic N) is 1. The summed E-state index contributed by atoms with van der Waals surface area (Å²) in [6, 6.07) is 1.22. The average molecular weight is 255 g/mol. The van der Waals surface area contributed by atoms with E-state index in [-0.39, 0.29) is 22.6 Å². The van der Waals surface area contributed by atoms with Crippen molar-refractivity contribution in [1.29, 1.82) is 0 Å². The Morgan fingerprint density at radius 3 is 2.50 bits per heavy atom. The van der Waals surface area contributed by atoms with Crippen LogP contribution in [0.2, 0.25) is 0 Å². The molecule has 8 nitrogen and oxygen atoms in total. The third kappa shape index (κ3) is 1.54. The number of hydrogen-bond donors (Lipinski definition) is 1. The zero-order valence-corrected chi connectivity index (χ0v) is 9.50. The molecular weight excluding hydrogens is 246 g/mol. The van der Waals surface area contributed by atoms with Crippen molar-refractivity contribution in [1.82, 2.24) is 0 Å². The van der Waals surface area contributed by atoms with Crippen LogP contribution in [0.1, 0.15) is 22.2 Å².